The lowest BCUT2D eigenvalue weighted by atomic mass is 9.95. The molecule has 1 fully saturated rings. The van der Waals surface area contributed by atoms with E-state index in [2.05, 4.69) is 33.2 Å². The van der Waals surface area contributed by atoms with Crippen LogP contribution in [0.1, 0.15) is 22.6 Å². The number of ether oxygens (including phenoxy) is 1. The normalized spacial score (nSPS) is 19.4. The maximum atomic E-state index is 6.46. The molecule has 4 rings (SSSR count). The molecular formula is C22H24ClN3O2. The van der Waals surface area contributed by atoms with E-state index in [-0.39, 0.29) is 6.04 Å². The predicted molar refractivity (Wildman–Crippen MR) is 108 cm³/mol. The monoisotopic (exact) mass is 397 g/mol. The van der Waals surface area contributed by atoms with Crippen molar-refractivity contribution in [2.45, 2.75) is 32.5 Å². The first kappa shape index (κ1) is 19.1. The van der Waals surface area contributed by atoms with Crippen molar-refractivity contribution in [3.8, 4) is 0 Å². The number of hydrogen-bond acceptors (Lipinski definition) is 5. The minimum atomic E-state index is 0.273. The van der Waals surface area contributed by atoms with E-state index in [1.807, 2.05) is 43.6 Å². The molecule has 2 atom stereocenters. The lowest BCUT2D eigenvalue weighted by Crippen LogP contribution is -2.40. The molecule has 0 aliphatic carbocycles. The van der Waals surface area contributed by atoms with Gasteiger partial charge < -0.3 is 9.26 Å². The van der Waals surface area contributed by atoms with E-state index < -0.39 is 0 Å². The molecule has 3 aromatic rings. The van der Waals surface area contributed by atoms with Crippen LogP contribution in [0.3, 0.4) is 0 Å². The van der Waals surface area contributed by atoms with Crippen molar-refractivity contribution in [2.24, 2.45) is 5.92 Å². The summed E-state index contributed by atoms with van der Waals surface area (Å²) in [6.07, 6.45) is 4.49. The second kappa shape index (κ2) is 8.86. The van der Waals surface area contributed by atoms with Gasteiger partial charge in [-0.05, 0) is 36.2 Å². The van der Waals surface area contributed by atoms with Crippen LogP contribution < -0.4 is 0 Å². The van der Waals surface area contributed by atoms with Gasteiger partial charge in [-0.3, -0.25) is 9.88 Å². The summed E-state index contributed by atoms with van der Waals surface area (Å²) in [6, 6.07) is 14.4. The maximum Gasteiger partial charge on any atom is 0.137 e. The Balaban J connectivity index is 1.56. The molecule has 0 bridgehead atoms. The average Bonchev–Trinajstić information content (AvgIpc) is 3.33. The zero-order valence-electron chi connectivity index (χ0n) is 15.9. The molecule has 5 nitrogen and oxygen atoms in total. The highest BCUT2D eigenvalue weighted by atomic mass is 35.5. The van der Waals surface area contributed by atoms with Crippen LogP contribution >= 0.6 is 11.6 Å². The third kappa shape index (κ3) is 4.61. The van der Waals surface area contributed by atoms with Gasteiger partial charge in [0.25, 0.3) is 0 Å². The molecule has 0 amide bonds. The van der Waals surface area contributed by atoms with Crippen molar-refractivity contribution in [1.82, 2.24) is 15.0 Å². The summed E-state index contributed by atoms with van der Waals surface area (Å²) in [6.45, 7) is 4.95. The van der Waals surface area contributed by atoms with Gasteiger partial charge in [0, 0.05) is 55.0 Å². The second-order valence-corrected chi connectivity index (χ2v) is 7.76. The van der Waals surface area contributed by atoms with Gasteiger partial charge >= 0.3 is 0 Å². The number of aryl methyl sites for hydroxylation is 1. The fourth-order valence-electron chi connectivity index (χ4n) is 3.82. The van der Waals surface area contributed by atoms with Crippen molar-refractivity contribution in [2.75, 3.05) is 13.2 Å². The van der Waals surface area contributed by atoms with Gasteiger partial charge in [-0.2, -0.15) is 0 Å². The van der Waals surface area contributed by atoms with Crippen molar-refractivity contribution in [3.63, 3.8) is 0 Å². The summed E-state index contributed by atoms with van der Waals surface area (Å²) in [7, 11) is 0. The van der Waals surface area contributed by atoms with Crippen molar-refractivity contribution < 1.29 is 9.26 Å². The molecule has 0 N–H and O–H groups in total. The predicted octanol–water partition coefficient (Wildman–Crippen LogP) is 4.29. The minimum absolute atomic E-state index is 0.273. The highest BCUT2D eigenvalue weighted by molar-refractivity contribution is 6.31. The highest BCUT2D eigenvalue weighted by Crippen LogP contribution is 2.28. The summed E-state index contributed by atoms with van der Waals surface area (Å²) in [5.41, 5.74) is 3.26. The summed E-state index contributed by atoms with van der Waals surface area (Å²) in [5, 5.41) is 4.82. The molecule has 6 heteroatoms. The van der Waals surface area contributed by atoms with Gasteiger partial charge in [0.05, 0.1) is 18.9 Å². The molecule has 2 aromatic heterocycles. The van der Waals surface area contributed by atoms with Crippen LogP contribution in [0.4, 0.5) is 0 Å². The summed E-state index contributed by atoms with van der Waals surface area (Å²) in [5.74, 6) is 1.26. The second-order valence-electron chi connectivity index (χ2n) is 7.36. The van der Waals surface area contributed by atoms with Crippen LogP contribution in [0.2, 0.25) is 5.02 Å². The molecule has 0 radical (unpaired) electrons. The van der Waals surface area contributed by atoms with Crippen LogP contribution in [0, 0.1) is 12.8 Å². The van der Waals surface area contributed by atoms with Crippen LogP contribution in [-0.2, 0) is 24.2 Å². The molecule has 1 aromatic carbocycles. The first-order valence-corrected chi connectivity index (χ1v) is 9.93. The number of pyridine rings is 1. The van der Waals surface area contributed by atoms with E-state index in [0.29, 0.717) is 12.5 Å². The fraction of sp³-hybridized carbons (Fsp3) is 0.364. The smallest absolute Gasteiger partial charge is 0.137 e. The third-order valence-electron chi connectivity index (χ3n) is 5.24. The Labute approximate surface area is 170 Å². The number of hydrogen-bond donors (Lipinski definition) is 0. The molecule has 28 heavy (non-hydrogen) atoms. The van der Waals surface area contributed by atoms with Crippen molar-refractivity contribution in [3.05, 3.63) is 82.5 Å². The molecule has 0 spiro atoms. The Morgan fingerprint density at radius 3 is 2.68 bits per heavy atom. The summed E-state index contributed by atoms with van der Waals surface area (Å²) in [4.78, 5) is 6.59. The molecule has 1 aliphatic rings. The SMILES string of the molecule is Cc1cc(C[C@@H]2COC[C@H]2N(Cc2ccncc2)Cc2ccccc2Cl)on1. The standard InChI is InChI=1S/C22H24ClN3O2/c1-16-10-20(28-25-16)11-19-14-27-15-22(19)26(12-17-6-8-24-9-7-17)13-18-4-2-3-5-21(18)23/h2-10,19,22H,11-15H2,1H3/t19-,22-/m1/s1. The highest BCUT2D eigenvalue weighted by Gasteiger charge is 2.34. The Morgan fingerprint density at radius 1 is 1.11 bits per heavy atom. The first-order chi connectivity index (χ1) is 13.7. The average molecular weight is 398 g/mol. The van der Waals surface area contributed by atoms with Gasteiger partial charge in [-0.25, -0.2) is 0 Å². The number of halogens is 1. The van der Waals surface area contributed by atoms with E-state index in [9.17, 15) is 0 Å². The largest absolute Gasteiger partial charge is 0.379 e. The minimum Gasteiger partial charge on any atom is -0.379 e. The van der Waals surface area contributed by atoms with Crippen LogP contribution in [0.15, 0.2) is 59.4 Å². The quantitative estimate of drug-likeness (QED) is 0.595. The zero-order valence-corrected chi connectivity index (χ0v) is 16.7. The van der Waals surface area contributed by atoms with Crippen LogP contribution in [-0.4, -0.2) is 34.3 Å². The van der Waals surface area contributed by atoms with Gasteiger partial charge in [0.15, 0.2) is 0 Å². The number of nitrogens with zero attached hydrogens (tertiary/aromatic N) is 3. The fourth-order valence-corrected chi connectivity index (χ4v) is 4.01. The van der Waals surface area contributed by atoms with Crippen molar-refractivity contribution in [1.29, 1.82) is 0 Å². The molecule has 0 unspecified atom stereocenters. The first-order valence-electron chi connectivity index (χ1n) is 9.55. The van der Waals surface area contributed by atoms with Gasteiger partial charge in [0.1, 0.15) is 5.76 Å². The topological polar surface area (TPSA) is 51.4 Å². The molecule has 1 saturated heterocycles. The molecular weight excluding hydrogens is 374 g/mol. The Bertz CT molecular complexity index is 900. The van der Waals surface area contributed by atoms with E-state index in [4.69, 9.17) is 20.9 Å². The zero-order chi connectivity index (χ0) is 19.3. The maximum absolute atomic E-state index is 6.46. The third-order valence-corrected chi connectivity index (χ3v) is 5.61. The number of rotatable bonds is 7. The van der Waals surface area contributed by atoms with E-state index in [1.54, 1.807) is 0 Å². The summed E-state index contributed by atoms with van der Waals surface area (Å²) < 4.78 is 11.3. The lowest BCUT2D eigenvalue weighted by molar-refractivity contribution is 0.127. The Kier molecular flexibility index (Phi) is 6.05. The van der Waals surface area contributed by atoms with E-state index in [1.165, 1.54) is 5.56 Å². The Hall–Kier alpha value is -2.21. The van der Waals surface area contributed by atoms with E-state index in [0.717, 1.165) is 48.2 Å². The molecule has 1 aliphatic heterocycles. The van der Waals surface area contributed by atoms with Crippen LogP contribution in [0.5, 0.6) is 0 Å². The molecule has 146 valence electrons. The number of benzene rings is 1. The van der Waals surface area contributed by atoms with Gasteiger partial charge in [0.2, 0.25) is 0 Å². The van der Waals surface area contributed by atoms with Gasteiger partial charge in [-0.1, -0.05) is 35.0 Å². The van der Waals surface area contributed by atoms with E-state index >= 15 is 0 Å². The molecule has 0 saturated carbocycles. The lowest BCUT2D eigenvalue weighted by Gasteiger charge is -2.32. The molecule has 3 heterocycles. The van der Waals surface area contributed by atoms with Crippen LogP contribution in [0.25, 0.3) is 0 Å². The van der Waals surface area contributed by atoms with Crippen molar-refractivity contribution >= 4 is 11.6 Å². The Morgan fingerprint density at radius 2 is 1.93 bits per heavy atom. The number of aromatic nitrogens is 2. The summed E-state index contributed by atoms with van der Waals surface area (Å²) >= 11 is 6.46. The van der Waals surface area contributed by atoms with Gasteiger partial charge in [-0.15, -0.1) is 0 Å².